The normalized spacial score (nSPS) is 21.3. The highest BCUT2D eigenvalue weighted by atomic mass is 16.5. The molecule has 1 fully saturated rings. The lowest BCUT2D eigenvalue weighted by Crippen LogP contribution is -2.44. The first-order chi connectivity index (χ1) is 12.4. The number of morpholine rings is 1. The third kappa shape index (κ3) is 5.34. The monoisotopic (exact) mass is 346 g/mol. The summed E-state index contributed by atoms with van der Waals surface area (Å²) in [5, 5.41) is 6.80. The number of para-hydroxylation sites is 1. The highest BCUT2D eigenvalue weighted by Gasteiger charge is 2.20. The second-order valence-corrected chi connectivity index (χ2v) is 6.47. The summed E-state index contributed by atoms with van der Waals surface area (Å²) in [5.74, 6) is 2.35. The highest BCUT2D eigenvalue weighted by molar-refractivity contribution is 5.79. The molecule has 1 atom stereocenters. The number of nitrogens with one attached hydrogen (secondary N) is 2. The molecule has 2 heterocycles. The molecule has 25 heavy (non-hydrogen) atoms. The molecular formula is C19H30N4O2. The zero-order valence-corrected chi connectivity index (χ0v) is 15.2. The maximum Gasteiger partial charge on any atom is 0.191 e. The largest absolute Gasteiger partial charge is 0.493 e. The van der Waals surface area contributed by atoms with Crippen molar-refractivity contribution in [3.05, 3.63) is 29.8 Å². The van der Waals surface area contributed by atoms with Gasteiger partial charge in [0.15, 0.2) is 5.96 Å². The summed E-state index contributed by atoms with van der Waals surface area (Å²) >= 11 is 0. The van der Waals surface area contributed by atoms with Crippen molar-refractivity contribution in [2.45, 2.75) is 19.3 Å². The fraction of sp³-hybridized carbons (Fsp3) is 0.632. The van der Waals surface area contributed by atoms with Gasteiger partial charge in [-0.25, -0.2) is 0 Å². The number of benzene rings is 1. The number of rotatable bonds is 6. The fourth-order valence-corrected chi connectivity index (χ4v) is 3.31. The quantitative estimate of drug-likeness (QED) is 0.603. The molecule has 6 nitrogen and oxygen atoms in total. The lowest BCUT2D eigenvalue weighted by Gasteiger charge is -2.27. The summed E-state index contributed by atoms with van der Waals surface area (Å²) in [6.07, 6.45) is 1.02. The minimum Gasteiger partial charge on any atom is -0.493 e. The lowest BCUT2D eigenvalue weighted by molar-refractivity contribution is 0.0389. The molecule has 2 N–H and O–H groups in total. The third-order valence-corrected chi connectivity index (χ3v) is 4.72. The van der Waals surface area contributed by atoms with E-state index in [1.165, 1.54) is 5.56 Å². The van der Waals surface area contributed by atoms with Gasteiger partial charge >= 0.3 is 0 Å². The Hall–Kier alpha value is -1.79. The van der Waals surface area contributed by atoms with Gasteiger partial charge in [0, 0.05) is 45.2 Å². The standard InChI is InChI=1S/C19H30N4O2/c1-2-20-19(21-8-9-23-10-13-24-14-11-23)22-15-16-7-12-25-18-6-4-3-5-17(16)18/h3-6,16H,2,7-15H2,1H3,(H2,20,21,22). The molecule has 1 saturated heterocycles. The molecule has 1 aromatic carbocycles. The third-order valence-electron chi connectivity index (χ3n) is 4.72. The number of guanidine groups is 1. The first-order valence-electron chi connectivity index (χ1n) is 9.41. The average molecular weight is 346 g/mol. The van der Waals surface area contributed by atoms with Crippen LogP contribution < -0.4 is 15.4 Å². The Morgan fingerprint density at radius 1 is 1.20 bits per heavy atom. The van der Waals surface area contributed by atoms with Crippen molar-refractivity contribution in [3.63, 3.8) is 0 Å². The lowest BCUT2D eigenvalue weighted by atomic mass is 9.93. The van der Waals surface area contributed by atoms with E-state index < -0.39 is 0 Å². The van der Waals surface area contributed by atoms with Crippen LogP contribution in [-0.4, -0.2) is 69.9 Å². The maximum atomic E-state index is 5.74. The smallest absolute Gasteiger partial charge is 0.191 e. The summed E-state index contributed by atoms with van der Waals surface area (Å²) in [6.45, 7) is 10.2. The average Bonchev–Trinajstić information content (AvgIpc) is 2.67. The van der Waals surface area contributed by atoms with Gasteiger partial charge in [-0.2, -0.15) is 0 Å². The molecule has 0 aliphatic carbocycles. The van der Waals surface area contributed by atoms with Crippen LogP contribution in [-0.2, 0) is 4.74 Å². The van der Waals surface area contributed by atoms with Crippen molar-refractivity contribution in [1.82, 2.24) is 15.5 Å². The number of aliphatic imine (C=N–C) groups is 1. The summed E-state index contributed by atoms with van der Waals surface area (Å²) in [6, 6.07) is 8.32. The first kappa shape index (κ1) is 18.0. The molecule has 138 valence electrons. The van der Waals surface area contributed by atoms with E-state index >= 15 is 0 Å². The Labute approximate surface area is 150 Å². The van der Waals surface area contributed by atoms with E-state index in [9.17, 15) is 0 Å². The molecule has 0 spiro atoms. The van der Waals surface area contributed by atoms with Crippen molar-refractivity contribution in [1.29, 1.82) is 0 Å². The van der Waals surface area contributed by atoms with Crippen molar-refractivity contribution in [2.75, 3.05) is 59.1 Å². The molecule has 0 bridgehead atoms. The SMILES string of the molecule is CCNC(=NCC1CCOc2ccccc21)NCCN1CCOCC1. The zero-order chi connectivity index (χ0) is 17.3. The minimum absolute atomic E-state index is 0.430. The van der Waals surface area contributed by atoms with Crippen LogP contribution in [0.3, 0.4) is 0 Å². The van der Waals surface area contributed by atoms with Crippen LogP contribution in [0.5, 0.6) is 5.75 Å². The van der Waals surface area contributed by atoms with Crippen LogP contribution >= 0.6 is 0 Å². The van der Waals surface area contributed by atoms with Gasteiger partial charge in [0.25, 0.3) is 0 Å². The van der Waals surface area contributed by atoms with E-state index in [2.05, 4.69) is 40.7 Å². The number of fused-ring (bicyclic) bond motifs is 1. The van der Waals surface area contributed by atoms with Crippen LogP contribution in [0.1, 0.15) is 24.8 Å². The molecule has 2 aliphatic rings. The van der Waals surface area contributed by atoms with Gasteiger partial charge in [-0.15, -0.1) is 0 Å². The Bertz CT molecular complexity index is 558. The molecule has 0 radical (unpaired) electrons. The van der Waals surface area contributed by atoms with Gasteiger partial charge in [-0.1, -0.05) is 18.2 Å². The molecule has 1 unspecified atom stereocenters. The maximum absolute atomic E-state index is 5.74. The van der Waals surface area contributed by atoms with E-state index in [1.807, 2.05) is 6.07 Å². The van der Waals surface area contributed by atoms with E-state index in [4.69, 9.17) is 14.5 Å². The van der Waals surface area contributed by atoms with Crippen LogP contribution in [0.25, 0.3) is 0 Å². The van der Waals surface area contributed by atoms with Gasteiger partial charge in [0.05, 0.1) is 19.8 Å². The molecule has 3 rings (SSSR count). The fourth-order valence-electron chi connectivity index (χ4n) is 3.31. The predicted octanol–water partition coefficient (Wildman–Crippen LogP) is 1.44. The zero-order valence-electron chi connectivity index (χ0n) is 15.2. The van der Waals surface area contributed by atoms with E-state index in [0.29, 0.717) is 5.92 Å². The van der Waals surface area contributed by atoms with Crippen molar-refractivity contribution < 1.29 is 9.47 Å². The van der Waals surface area contributed by atoms with Crippen molar-refractivity contribution in [3.8, 4) is 5.75 Å². The number of ether oxygens (including phenoxy) is 2. The molecule has 2 aliphatic heterocycles. The molecule has 0 amide bonds. The second kappa shape index (κ2) is 9.63. The molecular weight excluding hydrogens is 316 g/mol. The predicted molar refractivity (Wildman–Crippen MR) is 101 cm³/mol. The van der Waals surface area contributed by atoms with E-state index in [1.54, 1.807) is 0 Å². The van der Waals surface area contributed by atoms with Crippen LogP contribution in [0.15, 0.2) is 29.3 Å². The van der Waals surface area contributed by atoms with Gasteiger partial charge in [0.2, 0.25) is 0 Å². The molecule has 6 heteroatoms. The summed E-state index contributed by atoms with van der Waals surface area (Å²) in [5.41, 5.74) is 1.28. The van der Waals surface area contributed by atoms with E-state index in [-0.39, 0.29) is 0 Å². The van der Waals surface area contributed by atoms with Gasteiger partial charge < -0.3 is 20.1 Å². The van der Waals surface area contributed by atoms with Gasteiger partial charge in [-0.05, 0) is 25.0 Å². The molecule has 1 aromatic rings. The van der Waals surface area contributed by atoms with Crippen molar-refractivity contribution >= 4 is 5.96 Å². The van der Waals surface area contributed by atoms with Crippen LogP contribution in [0, 0.1) is 0 Å². The summed E-state index contributed by atoms with van der Waals surface area (Å²) in [7, 11) is 0. The molecule has 0 saturated carbocycles. The Morgan fingerprint density at radius 3 is 2.88 bits per heavy atom. The van der Waals surface area contributed by atoms with Crippen LogP contribution in [0.2, 0.25) is 0 Å². The number of hydrogen-bond donors (Lipinski definition) is 2. The summed E-state index contributed by atoms with van der Waals surface area (Å²) in [4.78, 5) is 7.24. The van der Waals surface area contributed by atoms with Gasteiger partial charge in [0.1, 0.15) is 5.75 Å². The number of hydrogen-bond acceptors (Lipinski definition) is 4. The Balaban J connectivity index is 1.51. The second-order valence-electron chi connectivity index (χ2n) is 6.47. The van der Waals surface area contributed by atoms with Crippen molar-refractivity contribution in [2.24, 2.45) is 4.99 Å². The minimum atomic E-state index is 0.430. The van der Waals surface area contributed by atoms with E-state index in [0.717, 1.165) is 77.2 Å². The van der Waals surface area contributed by atoms with Crippen LogP contribution in [0.4, 0.5) is 0 Å². The number of nitrogens with zero attached hydrogens (tertiary/aromatic N) is 2. The molecule has 0 aromatic heterocycles. The van der Waals surface area contributed by atoms with Gasteiger partial charge in [-0.3, -0.25) is 9.89 Å². The Kier molecular flexibility index (Phi) is 6.94. The highest BCUT2D eigenvalue weighted by Crippen LogP contribution is 2.33. The topological polar surface area (TPSA) is 58.1 Å². The Morgan fingerprint density at radius 2 is 2.04 bits per heavy atom. The first-order valence-corrected chi connectivity index (χ1v) is 9.41. The summed E-state index contributed by atoms with van der Waals surface area (Å²) < 4.78 is 11.1.